The Labute approximate surface area is 123 Å². The van der Waals surface area contributed by atoms with Gasteiger partial charge in [0, 0.05) is 11.1 Å². The van der Waals surface area contributed by atoms with Gasteiger partial charge in [0.25, 0.3) is 5.91 Å². The molecule has 4 nitrogen and oxygen atoms in total. The Balaban J connectivity index is 2.10. The maximum Gasteiger partial charge on any atom is 0.417 e. The lowest BCUT2D eigenvalue weighted by atomic mass is 10.1. The average molecular weight is 308 g/mol. The molecule has 0 unspecified atom stereocenters. The van der Waals surface area contributed by atoms with E-state index in [1.54, 1.807) is 0 Å². The largest absolute Gasteiger partial charge is 0.508 e. The Morgan fingerprint density at radius 2 is 1.73 bits per heavy atom. The lowest BCUT2D eigenvalue weighted by Crippen LogP contribution is -2.18. The number of alkyl halides is 3. The molecule has 0 atom stereocenters. The number of carbonyl (C=O) groups is 1. The molecule has 0 aliphatic carbocycles. The summed E-state index contributed by atoms with van der Waals surface area (Å²) in [5.41, 5.74) is 1.36. The van der Waals surface area contributed by atoms with Gasteiger partial charge in [0.2, 0.25) is 0 Å². The van der Waals surface area contributed by atoms with Crippen LogP contribution in [0.5, 0.6) is 5.75 Å². The molecule has 0 saturated carbocycles. The van der Waals surface area contributed by atoms with Gasteiger partial charge < -0.3 is 5.11 Å². The van der Waals surface area contributed by atoms with Gasteiger partial charge in [-0.2, -0.15) is 18.3 Å². The molecule has 0 bridgehead atoms. The molecule has 0 heterocycles. The van der Waals surface area contributed by atoms with E-state index in [4.69, 9.17) is 5.11 Å². The summed E-state index contributed by atoms with van der Waals surface area (Å²) in [6.45, 7) is 0. The van der Waals surface area contributed by atoms with Gasteiger partial charge in [-0.3, -0.25) is 4.79 Å². The zero-order valence-electron chi connectivity index (χ0n) is 11.1. The molecule has 2 rings (SSSR count). The number of hydrogen-bond donors (Lipinski definition) is 2. The molecular weight excluding hydrogens is 297 g/mol. The molecule has 2 aromatic carbocycles. The number of nitrogens with one attached hydrogen (secondary N) is 1. The van der Waals surface area contributed by atoms with Crippen LogP contribution >= 0.6 is 0 Å². The Kier molecular flexibility index (Phi) is 4.45. The smallest absolute Gasteiger partial charge is 0.417 e. The second-order valence-electron chi connectivity index (χ2n) is 4.33. The van der Waals surface area contributed by atoms with E-state index >= 15 is 0 Å². The summed E-state index contributed by atoms with van der Waals surface area (Å²) in [6.07, 6.45) is -3.56. The number of halogens is 3. The summed E-state index contributed by atoms with van der Waals surface area (Å²) in [5.74, 6) is -0.597. The molecular formula is C15H11F3N2O2. The third kappa shape index (κ3) is 3.85. The number of hydrogen-bond acceptors (Lipinski definition) is 3. The number of hydrazone groups is 1. The van der Waals surface area contributed by atoms with Crippen LogP contribution in [-0.2, 0) is 6.18 Å². The molecule has 7 heteroatoms. The van der Waals surface area contributed by atoms with Gasteiger partial charge in [-0.05, 0) is 30.3 Å². The van der Waals surface area contributed by atoms with Gasteiger partial charge >= 0.3 is 6.18 Å². The summed E-state index contributed by atoms with van der Waals surface area (Å²) in [4.78, 5) is 11.7. The highest BCUT2D eigenvalue weighted by Crippen LogP contribution is 2.30. The molecule has 22 heavy (non-hydrogen) atoms. The zero-order chi connectivity index (χ0) is 16.2. The highest BCUT2D eigenvalue weighted by molar-refractivity contribution is 5.95. The number of aromatic hydroxyl groups is 1. The molecule has 0 saturated heterocycles. The highest BCUT2D eigenvalue weighted by atomic mass is 19.4. The normalized spacial score (nSPS) is 11.6. The van der Waals surface area contributed by atoms with Crippen molar-refractivity contribution < 1.29 is 23.1 Å². The van der Waals surface area contributed by atoms with Gasteiger partial charge in [-0.25, -0.2) is 5.43 Å². The molecule has 0 aliphatic heterocycles. The topological polar surface area (TPSA) is 61.7 Å². The van der Waals surface area contributed by atoms with Crippen LogP contribution in [0, 0.1) is 0 Å². The van der Waals surface area contributed by atoms with Gasteiger partial charge in [0.15, 0.2) is 0 Å². The van der Waals surface area contributed by atoms with E-state index in [1.165, 1.54) is 42.5 Å². The van der Waals surface area contributed by atoms with E-state index in [0.717, 1.165) is 12.3 Å². The number of amides is 1. The predicted molar refractivity (Wildman–Crippen MR) is 74.6 cm³/mol. The lowest BCUT2D eigenvalue weighted by Gasteiger charge is -2.09. The van der Waals surface area contributed by atoms with E-state index < -0.39 is 17.6 Å². The van der Waals surface area contributed by atoms with Crippen LogP contribution in [0.4, 0.5) is 13.2 Å². The van der Waals surface area contributed by atoms with Gasteiger partial charge in [-0.1, -0.05) is 18.2 Å². The van der Waals surface area contributed by atoms with Crippen molar-refractivity contribution in [2.45, 2.75) is 6.18 Å². The van der Waals surface area contributed by atoms with E-state index in [1.807, 2.05) is 0 Å². The first-order valence-electron chi connectivity index (χ1n) is 6.16. The summed E-state index contributed by atoms with van der Waals surface area (Å²) < 4.78 is 38.3. The summed E-state index contributed by atoms with van der Waals surface area (Å²) >= 11 is 0. The summed E-state index contributed by atoms with van der Waals surface area (Å²) in [7, 11) is 0. The summed E-state index contributed by atoms with van der Waals surface area (Å²) in [6, 6.07) is 10.3. The Morgan fingerprint density at radius 1 is 1.09 bits per heavy atom. The average Bonchev–Trinajstić information content (AvgIpc) is 2.47. The monoisotopic (exact) mass is 308 g/mol. The lowest BCUT2D eigenvalue weighted by molar-refractivity contribution is -0.137. The maximum absolute atomic E-state index is 12.8. The molecule has 1 amide bonds. The maximum atomic E-state index is 12.8. The second-order valence-corrected chi connectivity index (χ2v) is 4.33. The number of rotatable bonds is 3. The predicted octanol–water partition coefficient (Wildman–Crippen LogP) is 3.17. The number of carbonyl (C=O) groups excluding carboxylic acids is 1. The fourth-order valence-electron chi connectivity index (χ4n) is 1.71. The van der Waals surface area contributed by atoms with Crippen molar-refractivity contribution in [1.29, 1.82) is 0 Å². The van der Waals surface area contributed by atoms with Crippen LogP contribution in [-0.4, -0.2) is 17.2 Å². The van der Waals surface area contributed by atoms with Gasteiger partial charge in [-0.15, -0.1) is 0 Å². The third-order valence-corrected chi connectivity index (χ3v) is 2.77. The van der Waals surface area contributed by atoms with E-state index in [2.05, 4.69) is 10.5 Å². The molecule has 0 spiro atoms. The van der Waals surface area contributed by atoms with Crippen LogP contribution in [0.2, 0.25) is 0 Å². The van der Waals surface area contributed by atoms with E-state index in [9.17, 15) is 18.0 Å². The molecule has 2 N–H and O–H groups in total. The van der Waals surface area contributed by atoms with Crippen LogP contribution in [0.1, 0.15) is 21.5 Å². The van der Waals surface area contributed by atoms with Crippen LogP contribution in [0.25, 0.3) is 0 Å². The summed E-state index contributed by atoms with van der Waals surface area (Å²) in [5, 5.41) is 12.6. The van der Waals surface area contributed by atoms with Crippen molar-refractivity contribution in [2.75, 3.05) is 0 Å². The third-order valence-electron chi connectivity index (χ3n) is 2.77. The highest BCUT2D eigenvalue weighted by Gasteiger charge is 2.32. The van der Waals surface area contributed by atoms with Crippen LogP contribution < -0.4 is 5.43 Å². The standard InChI is InChI=1S/C15H11F3N2O2/c16-15(17,18)13-4-2-1-3-11(13)9-19-20-14(22)10-5-7-12(21)8-6-10/h1-9,21H,(H,20,22)/b19-9+. The molecule has 114 valence electrons. The fraction of sp³-hybridized carbons (Fsp3) is 0.0667. The molecule has 0 fully saturated rings. The number of benzene rings is 2. The molecule has 0 aliphatic rings. The van der Waals surface area contributed by atoms with Crippen molar-refractivity contribution in [1.82, 2.24) is 5.43 Å². The number of phenols is 1. The first kappa shape index (κ1) is 15.6. The van der Waals surface area contributed by atoms with Crippen molar-refractivity contribution in [2.24, 2.45) is 5.10 Å². The molecule has 0 radical (unpaired) electrons. The van der Waals surface area contributed by atoms with Crippen molar-refractivity contribution in [3.63, 3.8) is 0 Å². The quantitative estimate of drug-likeness (QED) is 0.676. The fourth-order valence-corrected chi connectivity index (χ4v) is 1.71. The van der Waals surface area contributed by atoms with Crippen molar-refractivity contribution in [3.8, 4) is 5.75 Å². The van der Waals surface area contributed by atoms with E-state index in [0.29, 0.717) is 0 Å². The van der Waals surface area contributed by atoms with Crippen LogP contribution in [0.3, 0.4) is 0 Å². The van der Waals surface area contributed by atoms with Crippen molar-refractivity contribution in [3.05, 3.63) is 65.2 Å². The second kappa shape index (κ2) is 6.30. The number of nitrogens with zero attached hydrogens (tertiary/aromatic N) is 1. The minimum Gasteiger partial charge on any atom is -0.508 e. The Hall–Kier alpha value is -2.83. The molecule has 0 aromatic heterocycles. The van der Waals surface area contributed by atoms with Gasteiger partial charge in [0.05, 0.1) is 11.8 Å². The van der Waals surface area contributed by atoms with E-state index in [-0.39, 0.29) is 16.9 Å². The minimum absolute atomic E-state index is 0.000782. The van der Waals surface area contributed by atoms with Crippen LogP contribution in [0.15, 0.2) is 53.6 Å². The SMILES string of the molecule is O=C(N/N=C/c1ccccc1C(F)(F)F)c1ccc(O)cc1. The Bertz CT molecular complexity index is 695. The minimum atomic E-state index is -4.50. The first-order chi connectivity index (χ1) is 10.4. The number of phenolic OH excluding ortho intramolecular Hbond substituents is 1. The van der Waals surface area contributed by atoms with Crippen molar-refractivity contribution >= 4 is 12.1 Å². The Morgan fingerprint density at radius 3 is 2.36 bits per heavy atom. The first-order valence-corrected chi connectivity index (χ1v) is 6.16. The zero-order valence-corrected chi connectivity index (χ0v) is 11.1. The molecule has 2 aromatic rings. The van der Waals surface area contributed by atoms with Gasteiger partial charge in [0.1, 0.15) is 5.75 Å².